The van der Waals surface area contributed by atoms with Crippen LogP contribution in [-0.2, 0) is 22.6 Å². The summed E-state index contributed by atoms with van der Waals surface area (Å²) < 4.78 is 0. The van der Waals surface area contributed by atoms with Gasteiger partial charge in [0.15, 0.2) is 0 Å². The molecule has 1 fully saturated rings. The molecule has 2 atom stereocenters. The van der Waals surface area contributed by atoms with Crippen molar-refractivity contribution < 1.29 is 9.59 Å². The number of carbonyl (C=O) groups is 2. The quantitative estimate of drug-likeness (QED) is 0.865. The number of para-hydroxylation sites is 1. The number of anilines is 1. The zero-order valence-electron chi connectivity index (χ0n) is 14.3. The Balaban J connectivity index is 1.49. The molecule has 1 saturated heterocycles. The topological polar surface area (TPSA) is 53.5 Å². The summed E-state index contributed by atoms with van der Waals surface area (Å²) >= 11 is 0. The number of likely N-dealkylation sites (tertiary alicyclic amines) is 1. The Kier molecular flexibility index (Phi) is 3.99. The van der Waals surface area contributed by atoms with E-state index in [4.69, 9.17) is 0 Å². The van der Waals surface area contributed by atoms with Crippen molar-refractivity contribution in [3.05, 3.63) is 59.9 Å². The van der Waals surface area contributed by atoms with Crippen molar-refractivity contribution in [2.45, 2.75) is 32.4 Å². The number of amides is 2. The van der Waals surface area contributed by atoms with Crippen LogP contribution >= 0.6 is 0 Å². The Bertz CT molecular complexity index is 806. The predicted molar refractivity (Wildman–Crippen MR) is 94.9 cm³/mol. The maximum atomic E-state index is 13.1. The Labute approximate surface area is 147 Å². The largest absolute Gasteiger partial charge is 0.337 e. The summed E-state index contributed by atoms with van der Waals surface area (Å²) in [6, 6.07) is 12.0. The van der Waals surface area contributed by atoms with Crippen LogP contribution in [0.4, 0.5) is 5.69 Å². The van der Waals surface area contributed by atoms with Crippen LogP contribution in [-0.4, -0.2) is 34.3 Å². The SMILES string of the molecule is CC1Cc2ccccc2N1C(=O)C1CC(=O)N(Cc2cccnc2)C1. The number of fused-ring (bicyclic) bond motifs is 1. The number of rotatable bonds is 3. The molecule has 2 aliphatic rings. The van der Waals surface area contributed by atoms with Gasteiger partial charge in [-0.2, -0.15) is 0 Å². The molecule has 1 aromatic carbocycles. The second-order valence-electron chi connectivity index (χ2n) is 6.93. The number of aromatic nitrogens is 1. The van der Waals surface area contributed by atoms with Crippen molar-refractivity contribution in [1.82, 2.24) is 9.88 Å². The molecule has 2 aliphatic heterocycles. The van der Waals surface area contributed by atoms with Crippen molar-refractivity contribution in [2.75, 3.05) is 11.4 Å². The lowest BCUT2D eigenvalue weighted by Crippen LogP contribution is -2.41. The zero-order valence-corrected chi connectivity index (χ0v) is 14.3. The summed E-state index contributed by atoms with van der Waals surface area (Å²) in [5, 5.41) is 0. The molecule has 0 aliphatic carbocycles. The molecule has 0 radical (unpaired) electrons. The molecule has 1 aromatic heterocycles. The third kappa shape index (κ3) is 2.90. The highest BCUT2D eigenvalue weighted by molar-refractivity contribution is 6.01. The van der Waals surface area contributed by atoms with E-state index in [1.807, 2.05) is 35.2 Å². The molecule has 5 nitrogen and oxygen atoms in total. The first-order valence-corrected chi connectivity index (χ1v) is 8.71. The maximum absolute atomic E-state index is 13.1. The number of hydrogen-bond acceptors (Lipinski definition) is 3. The average Bonchev–Trinajstić information content (AvgIpc) is 3.15. The van der Waals surface area contributed by atoms with Gasteiger partial charge in [0.2, 0.25) is 11.8 Å². The second-order valence-corrected chi connectivity index (χ2v) is 6.93. The molecule has 0 bridgehead atoms. The average molecular weight is 335 g/mol. The summed E-state index contributed by atoms with van der Waals surface area (Å²) in [5.74, 6) is -0.153. The summed E-state index contributed by atoms with van der Waals surface area (Å²) in [7, 11) is 0. The summed E-state index contributed by atoms with van der Waals surface area (Å²) in [5.41, 5.74) is 3.20. The van der Waals surface area contributed by atoms with Crippen LogP contribution in [0.5, 0.6) is 0 Å². The van der Waals surface area contributed by atoms with E-state index in [0.717, 1.165) is 17.7 Å². The van der Waals surface area contributed by atoms with E-state index < -0.39 is 0 Å². The highest BCUT2D eigenvalue weighted by Crippen LogP contribution is 2.34. The molecule has 2 aromatic rings. The number of benzene rings is 1. The van der Waals surface area contributed by atoms with Gasteiger partial charge in [0, 0.05) is 43.6 Å². The summed E-state index contributed by atoms with van der Waals surface area (Å²) in [4.78, 5) is 33.2. The van der Waals surface area contributed by atoms with E-state index in [1.54, 1.807) is 17.3 Å². The van der Waals surface area contributed by atoms with Gasteiger partial charge in [0.05, 0.1) is 5.92 Å². The van der Waals surface area contributed by atoms with Gasteiger partial charge in [-0.15, -0.1) is 0 Å². The zero-order chi connectivity index (χ0) is 17.4. The molecular weight excluding hydrogens is 314 g/mol. The van der Waals surface area contributed by atoms with E-state index in [0.29, 0.717) is 19.5 Å². The van der Waals surface area contributed by atoms with Crippen molar-refractivity contribution in [1.29, 1.82) is 0 Å². The Morgan fingerprint density at radius 2 is 2.04 bits per heavy atom. The monoisotopic (exact) mass is 335 g/mol. The standard InChI is InChI=1S/C20H21N3O2/c1-14-9-16-6-2-3-7-18(16)23(14)20(25)17-10-19(24)22(13-17)12-15-5-4-8-21-11-15/h2-8,11,14,17H,9-10,12-13H2,1H3. The molecule has 0 spiro atoms. The van der Waals surface area contributed by atoms with Crippen LogP contribution < -0.4 is 4.90 Å². The van der Waals surface area contributed by atoms with Gasteiger partial charge in [0.1, 0.15) is 0 Å². The Hall–Kier alpha value is -2.69. The van der Waals surface area contributed by atoms with E-state index in [2.05, 4.69) is 18.0 Å². The minimum absolute atomic E-state index is 0.0438. The first-order chi connectivity index (χ1) is 12.1. The van der Waals surface area contributed by atoms with Crippen molar-refractivity contribution >= 4 is 17.5 Å². The van der Waals surface area contributed by atoms with Crippen LogP contribution in [0.15, 0.2) is 48.8 Å². The van der Waals surface area contributed by atoms with Gasteiger partial charge in [-0.1, -0.05) is 24.3 Å². The first kappa shape index (κ1) is 15.8. The highest BCUT2D eigenvalue weighted by atomic mass is 16.2. The predicted octanol–water partition coefficient (Wildman–Crippen LogP) is 2.41. The maximum Gasteiger partial charge on any atom is 0.232 e. The lowest BCUT2D eigenvalue weighted by atomic mass is 10.1. The van der Waals surface area contributed by atoms with Gasteiger partial charge < -0.3 is 9.80 Å². The Morgan fingerprint density at radius 3 is 2.84 bits per heavy atom. The molecule has 128 valence electrons. The summed E-state index contributed by atoms with van der Waals surface area (Å²) in [6.45, 7) is 3.07. The fraction of sp³-hybridized carbons (Fsp3) is 0.350. The molecule has 25 heavy (non-hydrogen) atoms. The first-order valence-electron chi connectivity index (χ1n) is 8.71. The number of carbonyl (C=O) groups excluding carboxylic acids is 2. The van der Waals surface area contributed by atoms with Crippen LogP contribution in [0, 0.1) is 5.92 Å². The Morgan fingerprint density at radius 1 is 1.20 bits per heavy atom. The van der Waals surface area contributed by atoms with Crippen molar-refractivity contribution in [2.24, 2.45) is 5.92 Å². The van der Waals surface area contributed by atoms with Gasteiger partial charge in [0.25, 0.3) is 0 Å². The van der Waals surface area contributed by atoms with Crippen LogP contribution in [0.1, 0.15) is 24.5 Å². The smallest absolute Gasteiger partial charge is 0.232 e. The van der Waals surface area contributed by atoms with E-state index in [9.17, 15) is 9.59 Å². The van der Waals surface area contributed by atoms with Crippen molar-refractivity contribution in [3.63, 3.8) is 0 Å². The lowest BCUT2D eigenvalue weighted by Gasteiger charge is -2.26. The number of hydrogen-bond donors (Lipinski definition) is 0. The summed E-state index contributed by atoms with van der Waals surface area (Å²) in [6.07, 6.45) is 4.65. The molecule has 5 heteroatoms. The fourth-order valence-electron chi connectivity index (χ4n) is 3.90. The number of nitrogens with zero attached hydrogens (tertiary/aromatic N) is 3. The molecule has 0 saturated carbocycles. The fourth-order valence-corrected chi connectivity index (χ4v) is 3.90. The lowest BCUT2D eigenvalue weighted by molar-refractivity contribution is -0.129. The van der Waals surface area contributed by atoms with Crippen LogP contribution in [0.25, 0.3) is 0 Å². The molecule has 2 amide bonds. The highest BCUT2D eigenvalue weighted by Gasteiger charge is 2.40. The molecule has 0 N–H and O–H groups in total. The van der Waals surface area contributed by atoms with Gasteiger partial charge in [-0.3, -0.25) is 14.6 Å². The normalized spacial score (nSPS) is 22.4. The number of pyridine rings is 1. The molecular formula is C20H21N3O2. The van der Waals surface area contributed by atoms with E-state index in [-0.39, 0.29) is 23.8 Å². The van der Waals surface area contributed by atoms with Gasteiger partial charge >= 0.3 is 0 Å². The van der Waals surface area contributed by atoms with Crippen LogP contribution in [0.3, 0.4) is 0 Å². The van der Waals surface area contributed by atoms with Gasteiger partial charge in [-0.25, -0.2) is 0 Å². The minimum Gasteiger partial charge on any atom is -0.337 e. The van der Waals surface area contributed by atoms with Crippen LogP contribution in [0.2, 0.25) is 0 Å². The third-order valence-corrected chi connectivity index (χ3v) is 5.10. The van der Waals surface area contributed by atoms with E-state index >= 15 is 0 Å². The molecule has 2 unspecified atom stereocenters. The van der Waals surface area contributed by atoms with E-state index in [1.165, 1.54) is 5.56 Å². The minimum atomic E-state index is -0.266. The van der Waals surface area contributed by atoms with Gasteiger partial charge in [-0.05, 0) is 36.6 Å². The third-order valence-electron chi connectivity index (χ3n) is 5.10. The molecule has 4 rings (SSSR count). The second kappa shape index (κ2) is 6.31. The van der Waals surface area contributed by atoms with Crippen molar-refractivity contribution in [3.8, 4) is 0 Å². The molecule has 3 heterocycles.